The largest absolute Gasteiger partial charge is 0.418 e. The lowest BCUT2D eigenvalue weighted by Crippen LogP contribution is -2.38. The van der Waals surface area contributed by atoms with E-state index in [0.717, 1.165) is 19.0 Å². The molecule has 1 saturated heterocycles. The van der Waals surface area contributed by atoms with Gasteiger partial charge in [-0.05, 0) is 38.6 Å². The minimum absolute atomic E-state index is 0.168. The Bertz CT molecular complexity index is 488. The van der Waals surface area contributed by atoms with Crippen molar-refractivity contribution in [1.82, 2.24) is 4.90 Å². The Labute approximate surface area is 115 Å². The molecule has 110 valence electrons. The van der Waals surface area contributed by atoms with Crippen molar-refractivity contribution < 1.29 is 18.0 Å². The van der Waals surface area contributed by atoms with Gasteiger partial charge in [-0.1, -0.05) is 12.1 Å². The summed E-state index contributed by atoms with van der Waals surface area (Å²) in [7, 11) is 1.91. The first-order chi connectivity index (χ1) is 9.38. The Kier molecular flexibility index (Phi) is 4.32. The third kappa shape index (κ3) is 3.50. The van der Waals surface area contributed by atoms with Crippen LogP contribution in [0, 0.1) is 5.92 Å². The monoisotopic (exact) mass is 286 g/mol. The summed E-state index contributed by atoms with van der Waals surface area (Å²) in [5.41, 5.74) is -0.976. The van der Waals surface area contributed by atoms with Crippen molar-refractivity contribution in [3.8, 4) is 0 Å². The molecule has 1 amide bonds. The second kappa shape index (κ2) is 5.83. The Morgan fingerprint density at radius 1 is 1.35 bits per heavy atom. The molecule has 2 rings (SSSR count). The lowest BCUT2D eigenvalue weighted by atomic mass is 9.97. The molecule has 0 spiro atoms. The minimum atomic E-state index is -4.47. The van der Waals surface area contributed by atoms with Gasteiger partial charge in [-0.15, -0.1) is 0 Å². The topological polar surface area (TPSA) is 32.3 Å². The summed E-state index contributed by atoms with van der Waals surface area (Å²) in [6, 6.07) is 5.06. The number of nitrogens with zero attached hydrogens (tertiary/aromatic N) is 1. The quantitative estimate of drug-likeness (QED) is 0.906. The predicted molar refractivity (Wildman–Crippen MR) is 70.3 cm³/mol. The van der Waals surface area contributed by atoms with Gasteiger partial charge in [-0.2, -0.15) is 13.2 Å². The third-order valence-corrected chi connectivity index (χ3v) is 3.49. The maximum Gasteiger partial charge on any atom is 0.418 e. The Balaban J connectivity index is 2.12. The lowest BCUT2D eigenvalue weighted by molar-refractivity contribution is -0.137. The standard InChI is InChI=1S/C14H17F3N2O/c1-19-8-4-5-10(9-19)13(20)18-12-7-3-2-6-11(12)14(15,16)17/h2-3,6-7,10H,4-5,8-9H2,1H3,(H,18,20). The van der Waals surface area contributed by atoms with E-state index in [9.17, 15) is 18.0 Å². The van der Waals surface area contributed by atoms with Crippen LogP contribution in [0.4, 0.5) is 18.9 Å². The van der Waals surface area contributed by atoms with E-state index >= 15 is 0 Å². The number of amides is 1. The number of halogens is 3. The van der Waals surface area contributed by atoms with E-state index in [1.54, 1.807) is 0 Å². The number of carbonyl (C=O) groups is 1. The zero-order valence-electron chi connectivity index (χ0n) is 11.2. The molecule has 3 nitrogen and oxygen atoms in total. The Hall–Kier alpha value is -1.56. The molecule has 1 aromatic rings. The molecule has 1 aliphatic heterocycles. The third-order valence-electron chi connectivity index (χ3n) is 3.49. The highest BCUT2D eigenvalue weighted by atomic mass is 19.4. The summed E-state index contributed by atoms with van der Waals surface area (Å²) < 4.78 is 38.5. The molecule has 0 aromatic heterocycles. The number of nitrogens with one attached hydrogen (secondary N) is 1. The van der Waals surface area contributed by atoms with Crippen molar-refractivity contribution in [3.05, 3.63) is 29.8 Å². The van der Waals surface area contributed by atoms with Crippen LogP contribution in [0.5, 0.6) is 0 Å². The van der Waals surface area contributed by atoms with Gasteiger partial charge in [-0.3, -0.25) is 4.79 Å². The molecule has 1 N–H and O–H groups in total. The van der Waals surface area contributed by atoms with Gasteiger partial charge in [0.1, 0.15) is 0 Å². The molecule has 1 aromatic carbocycles. The van der Waals surface area contributed by atoms with Crippen LogP contribution in [0.2, 0.25) is 0 Å². The number of alkyl halides is 3. The number of likely N-dealkylation sites (tertiary alicyclic amines) is 1. The molecule has 0 aliphatic carbocycles. The van der Waals surface area contributed by atoms with Crippen molar-refractivity contribution in [1.29, 1.82) is 0 Å². The van der Waals surface area contributed by atoms with Crippen molar-refractivity contribution in [2.45, 2.75) is 19.0 Å². The van der Waals surface area contributed by atoms with Crippen molar-refractivity contribution >= 4 is 11.6 Å². The molecule has 20 heavy (non-hydrogen) atoms. The van der Waals surface area contributed by atoms with E-state index in [2.05, 4.69) is 5.32 Å². The normalized spacial score (nSPS) is 20.7. The van der Waals surface area contributed by atoms with Gasteiger partial charge >= 0.3 is 6.18 Å². The molecule has 1 unspecified atom stereocenters. The minimum Gasteiger partial charge on any atom is -0.325 e. The fourth-order valence-electron chi connectivity index (χ4n) is 2.45. The van der Waals surface area contributed by atoms with E-state index in [1.807, 2.05) is 11.9 Å². The summed E-state index contributed by atoms with van der Waals surface area (Å²) in [6.45, 7) is 1.50. The molecular formula is C14H17F3N2O. The molecule has 0 saturated carbocycles. The first-order valence-corrected chi connectivity index (χ1v) is 6.53. The van der Waals surface area contributed by atoms with E-state index in [0.29, 0.717) is 13.0 Å². The van der Waals surface area contributed by atoms with Gasteiger partial charge in [0.25, 0.3) is 0 Å². The average molecular weight is 286 g/mol. The number of hydrogen-bond acceptors (Lipinski definition) is 2. The first kappa shape index (κ1) is 14.8. The highest BCUT2D eigenvalue weighted by Gasteiger charge is 2.34. The lowest BCUT2D eigenvalue weighted by Gasteiger charge is -2.29. The van der Waals surface area contributed by atoms with E-state index in [1.165, 1.54) is 18.2 Å². The fraction of sp³-hybridized carbons (Fsp3) is 0.500. The summed E-state index contributed by atoms with van der Waals surface area (Å²) in [4.78, 5) is 14.1. The van der Waals surface area contributed by atoms with Crippen LogP contribution in [-0.4, -0.2) is 30.9 Å². The van der Waals surface area contributed by atoms with Crippen LogP contribution in [0.1, 0.15) is 18.4 Å². The van der Waals surface area contributed by atoms with Gasteiger partial charge in [-0.25, -0.2) is 0 Å². The van der Waals surface area contributed by atoms with Crippen LogP contribution in [0.3, 0.4) is 0 Å². The molecule has 6 heteroatoms. The summed E-state index contributed by atoms with van der Waals surface area (Å²) in [5.74, 6) is -0.594. The van der Waals surface area contributed by atoms with E-state index in [-0.39, 0.29) is 17.5 Å². The zero-order chi connectivity index (χ0) is 14.8. The number of piperidine rings is 1. The van der Waals surface area contributed by atoms with Gasteiger partial charge in [0.15, 0.2) is 0 Å². The van der Waals surface area contributed by atoms with E-state index < -0.39 is 11.7 Å². The van der Waals surface area contributed by atoms with Crippen LogP contribution < -0.4 is 5.32 Å². The summed E-state index contributed by atoms with van der Waals surface area (Å²) >= 11 is 0. The highest BCUT2D eigenvalue weighted by Crippen LogP contribution is 2.34. The van der Waals surface area contributed by atoms with E-state index in [4.69, 9.17) is 0 Å². The van der Waals surface area contributed by atoms with Gasteiger partial charge in [0.2, 0.25) is 5.91 Å². The maximum absolute atomic E-state index is 12.8. The molecule has 0 bridgehead atoms. The van der Waals surface area contributed by atoms with Gasteiger partial charge < -0.3 is 10.2 Å². The van der Waals surface area contributed by atoms with Gasteiger partial charge in [0.05, 0.1) is 17.2 Å². The second-order valence-electron chi connectivity index (χ2n) is 5.13. The molecule has 0 radical (unpaired) electrons. The second-order valence-corrected chi connectivity index (χ2v) is 5.13. The highest BCUT2D eigenvalue weighted by molar-refractivity contribution is 5.93. The summed E-state index contributed by atoms with van der Waals surface area (Å²) in [5, 5.41) is 2.42. The zero-order valence-corrected chi connectivity index (χ0v) is 11.2. The van der Waals surface area contributed by atoms with Gasteiger partial charge in [0, 0.05) is 6.54 Å². The maximum atomic E-state index is 12.8. The Morgan fingerprint density at radius 2 is 2.05 bits per heavy atom. The van der Waals surface area contributed by atoms with Crippen molar-refractivity contribution in [3.63, 3.8) is 0 Å². The van der Waals surface area contributed by atoms with Crippen molar-refractivity contribution in [2.24, 2.45) is 5.92 Å². The van der Waals surface area contributed by atoms with Crippen LogP contribution >= 0.6 is 0 Å². The number of anilines is 1. The average Bonchev–Trinajstić information content (AvgIpc) is 2.38. The number of benzene rings is 1. The predicted octanol–water partition coefficient (Wildman–Crippen LogP) is 2.99. The van der Waals surface area contributed by atoms with Crippen molar-refractivity contribution in [2.75, 3.05) is 25.5 Å². The molecule has 1 aliphatic rings. The first-order valence-electron chi connectivity index (χ1n) is 6.53. The Morgan fingerprint density at radius 3 is 2.70 bits per heavy atom. The van der Waals surface area contributed by atoms with Crippen LogP contribution in [0.25, 0.3) is 0 Å². The molecule has 1 heterocycles. The summed E-state index contributed by atoms with van der Waals surface area (Å²) in [6.07, 6.45) is -2.87. The molecule has 1 fully saturated rings. The number of carbonyl (C=O) groups excluding carboxylic acids is 1. The molecule has 1 atom stereocenters. The smallest absolute Gasteiger partial charge is 0.325 e. The number of rotatable bonds is 2. The van der Waals surface area contributed by atoms with Crippen LogP contribution in [0.15, 0.2) is 24.3 Å². The molecular weight excluding hydrogens is 269 g/mol. The fourth-order valence-corrected chi connectivity index (χ4v) is 2.45. The SMILES string of the molecule is CN1CCCC(C(=O)Nc2ccccc2C(F)(F)F)C1. The van der Waals surface area contributed by atoms with Crippen LogP contribution in [-0.2, 0) is 11.0 Å². The number of para-hydroxylation sites is 1. The number of hydrogen-bond donors (Lipinski definition) is 1.